The van der Waals surface area contributed by atoms with Gasteiger partial charge in [0.2, 0.25) is 11.9 Å². The summed E-state index contributed by atoms with van der Waals surface area (Å²) in [5, 5.41) is 3.47. The summed E-state index contributed by atoms with van der Waals surface area (Å²) in [6.07, 6.45) is 1.50. The zero-order valence-corrected chi connectivity index (χ0v) is 16.6. The van der Waals surface area contributed by atoms with Gasteiger partial charge in [0, 0.05) is 36.9 Å². The number of halogens is 1. The van der Waals surface area contributed by atoms with Crippen LogP contribution in [0.4, 0.5) is 5.69 Å². The van der Waals surface area contributed by atoms with Crippen LogP contribution in [0.3, 0.4) is 0 Å². The molecule has 9 heteroatoms. The van der Waals surface area contributed by atoms with E-state index >= 15 is 0 Å². The number of furan rings is 1. The number of nitrogens with one attached hydrogen (secondary N) is 1. The summed E-state index contributed by atoms with van der Waals surface area (Å²) in [5.74, 6) is -1.26. The number of piperazine rings is 1. The Labute approximate surface area is 173 Å². The third-order valence-electron chi connectivity index (χ3n) is 5.16. The molecule has 0 radical (unpaired) electrons. The Balaban J connectivity index is 1.52. The van der Waals surface area contributed by atoms with Crippen LogP contribution in [-0.4, -0.2) is 56.0 Å². The molecule has 2 unspecified atom stereocenters. The van der Waals surface area contributed by atoms with Crippen LogP contribution in [0, 0.1) is 5.92 Å². The van der Waals surface area contributed by atoms with Crippen LogP contribution in [0.25, 0.3) is 0 Å². The van der Waals surface area contributed by atoms with Gasteiger partial charge in [-0.05, 0) is 36.4 Å². The lowest BCUT2D eigenvalue weighted by atomic mass is 9.95. The molecule has 2 atom stereocenters. The molecule has 2 aliphatic heterocycles. The van der Waals surface area contributed by atoms with Crippen LogP contribution in [0.2, 0.25) is 5.02 Å². The van der Waals surface area contributed by atoms with Crippen LogP contribution in [-0.2, 0) is 14.3 Å². The molecule has 1 N–H and O–H groups in total. The predicted molar refractivity (Wildman–Crippen MR) is 108 cm³/mol. The smallest absolute Gasteiger partial charge is 0.320 e. The van der Waals surface area contributed by atoms with Crippen LogP contribution in [0.15, 0.2) is 52.1 Å². The van der Waals surface area contributed by atoms with Crippen LogP contribution in [0.5, 0.6) is 0 Å². The van der Waals surface area contributed by atoms with Crippen molar-refractivity contribution >= 4 is 35.1 Å². The maximum atomic E-state index is 12.7. The number of esters is 1. The van der Waals surface area contributed by atoms with Crippen LogP contribution >= 0.6 is 11.6 Å². The topological polar surface area (TPSA) is 87.4 Å². The molecule has 0 spiro atoms. The molecule has 1 aromatic heterocycles. The Bertz CT molecular complexity index is 905. The Hall–Kier alpha value is -3.00. The van der Waals surface area contributed by atoms with Gasteiger partial charge in [-0.15, -0.1) is 0 Å². The van der Waals surface area contributed by atoms with Crippen molar-refractivity contribution in [3.63, 3.8) is 0 Å². The molecular formula is C20H21ClN4O4. The Morgan fingerprint density at radius 2 is 1.86 bits per heavy atom. The Kier molecular flexibility index (Phi) is 5.44. The van der Waals surface area contributed by atoms with Gasteiger partial charge < -0.3 is 19.0 Å². The normalized spacial score (nSPS) is 22.1. The number of hydrogen-bond donors (Lipinski definition) is 1. The number of nitrogens with zero attached hydrogens (tertiary/aromatic N) is 3. The molecule has 3 heterocycles. The second-order valence-corrected chi connectivity index (χ2v) is 7.29. The van der Waals surface area contributed by atoms with E-state index in [0.29, 0.717) is 29.8 Å². The Morgan fingerprint density at radius 3 is 2.48 bits per heavy atom. The number of guanidine groups is 1. The number of rotatable bonds is 3. The van der Waals surface area contributed by atoms with Gasteiger partial charge >= 0.3 is 5.97 Å². The second-order valence-electron chi connectivity index (χ2n) is 6.85. The molecule has 1 fully saturated rings. The van der Waals surface area contributed by atoms with Crippen molar-refractivity contribution in [3.8, 4) is 0 Å². The highest BCUT2D eigenvalue weighted by atomic mass is 35.5. The van der Waals surface area contributed by atoms with Crippen molar-refractivity contribution in [2.75, 3.05) is 38.2 Å². The minimum Gasteiger partial charge on any atom is -0.468 e. The number of hydrogen-bond acceptors (Lipinski definition) is 7. The number of anilines is 1. The highest BCUT2D eigenvalue weighted by molar-refractivity contribution is 6.30. The monoisotopic (exact) mass is 416 g/mol. The number of ether oxygens (including phenoxy) is 1. The van der Waals surface area contributed by atoms with Gasteiger partial charge in [0.15, 0.2) is 5.92 Å². The third-order valence-corrected chi connectivity index (χ3v) is 5.41. The van der Waals surface area contributed by atoms with E-state index in [4.69, 9.17) is 20.8 Å². The highest BCUT2D eigenvalue weighted by Crippen LogP contribution is 2.31. The average molecular weight is 417 g/mol. The van der Waals surface area contributed by atoms with E-state index in [9.17, 15) is 9.59 Å². The highest BCUT2D eigenvalue weighted by Gasteiger charge is 2.43. The summed E-state index contributed by atoms with van der Waals surface area (Å²) < 4.78 is 10.2. The summed E-state index contributed by atoms with van der Waals surface area (Å²) in [7, 11) is 1.25. The van der Waals surface area contributed by atoms with Gasteiger partial charge in [-0.1, -0.05) is 11.6 Å². The SMILES string of the molecule is COC(=O)C1C(=O)NC(N2CCN(c3ccc(Cl)cc3)CC2)=NC1c1ccco1. The predicted octanol–water partition coefficient (Wildman–Crippen LogP) is 2.07. The maximum Gasteiger partial charge on any atom is 0.320 e. The van der Waals surface area contributed by atoms with E-state index in [-0.39, 0.29) is 0 Å². The molecule has 1 saturated heterocycles. The zero-order chi connectivity index (χ0) is 20.4. The minimum atomic E-state index is -1.08. The first-order valence-corrected chi connectivity index (χ1v) is 9.70. The van der Waals surface area contributed by atoms with Crippen LogP contribution in [0.1, 0.15) is 11.8 Å². The van der Waals surface area contributed by atoms with E-state index in [1.165, 1.54) is 13.4 Å². The van der Waals surface area contributed by atoms with E-state index < -0.39 is 23.8 Å². The fourth-order valence-electron chi connectivity index (χ4n) is 3.61. The lowest BCUT2D eigenvalue weighted by Gasteiger charge is -2.39. The number of aliphatic imine (C=N–C) groups is 1. The summed E-state index contributed by atoms with van der Waals surface area (Å²) in [6, 6.07) is 10.4. The largest absolute Gasteiger partial charge is 0.468 e. The molecule has 29 heavy (non-hydrogen) atoms. The van der Waals surface area contributed by atoms with Crippen molar-refractivity contribution < 1.29 is 18.7 Å². The summed E-state index contributed by atoms with van der Waals surface area (Å²) in [4.78, 5) is 33.7. The van der Waals surface area contributed by atoms with Gasteiger partial charge in [0.25, 0.3) is 0 Å². The molecule has 0 aliphatic carbocycles. The van der Waals surface area contributed by atoms with Gasteiger partial charge in [-0.2, -0.15) is 0 Å². The maximum absolute atomic E-state index is 12.7. The fraction of sp³-hybridized carbons (Fsp3) is 0.350. The molecule has 2 aliphatic rings. The molecule has 152 valence electrons. The Morgan fingerprint density at radius 1 is 1.17 bits per heavy atom. The minimum absolute atomic E-state index is 0.441. The lowest BCUT2D eigenvalue weighted by Crippen LogP contribution is -2.57. The van der Waals surface area contributed by atoms with Crippen molar-refractivity contribution in [1.29, 1.82) is 0 Å². The van der Waals surface area contributed by atoms with Crippen molar-refractivity contribution in [1.82, 2.24) is 10.2 Å². The quantitative estimate of drug-likeness (QED) is 0.608. The lowest BCUT2D eigenvalue weighted by molar-refractivity contribution is -0.151. The number of carbonyl (C=O) groups excluding carboxylic acids is 2. The molecule has 1 aromatic carbocycles. The van der Waals surface area contributed by atoms with Gasteiger partial charge in [-0.25, -0.2) is 4.99 Å². The van der Waals surface area contributed by atoms with Crippen molar-refractivity contribution in [3.05, 3.63) is 53.4 Å². The third kappa shape index (κ3) is 3.93. The molecule has 0 bridgehead atoms. The van der Waals surface area contributed by atoms with E-state index in [1.54, 1.807) is 12.1 Å². The number of carbonyl (C=O) groups is 2. The first kappa shape index (κ1) is 19.3. The van der Waals surface area contributed by atoms with Gasteiger partial charge in [0.1, 0.15) is 11.8 Å². The summed E-state index contributed by atoms with van der Waals surface area (Å²) >= 11 is 5.97. The average Bonchev–Trinajstić information content (AvgIpc) is 3.28. The first-order valence-electron chi connectivity index (χ1n) is 9.32. The fourth-order valence-corrected chi connectivity index (χ4v) is 3.74. The van der Waals surface area contributed by atoms with E-state index in [0.717, 1.165) is 18.8 Å². The second kappa shape index (κ2) is 8.16. The molecule has 1 amide bonds. The summed E-state index contributed by atoms with van der Waals surface area (Å²) in [6.45, 7) is 2.88. The molecule has 2 aromatic rings. The summed E-state index contributed by atoms with van der Waals surface area (Å²) in [5.41, 5.74) is 1.10. The molecular weight excluding hydrogens is 396 g/mol. The zero-order valence-electron chi connectivity index (χ0n) is 15.9. The van der Waals surface area contributed by atoms with Crippen molar-refractivity contribution in [2.45, 2.75) is 6.04 Å². The first-order chi connectivity index (χ1) is 14.1. The van der Waals surface area contributed by atoms with E-state index in [2.05, 4.69) is 15.2 Å². The standard InChI is InChI=1S/C20H21ClN4O4/c1-28-19(27)16-17(15-3-2-12-29-15)22-20(23-18(16)26)25-10-8-24(9-11-25)14-6-4-13(21)5-7-14/h2-7,12,16-17H,8-11H2,1H3,(H,22,23,26). The van der Waals surface area contributed by atoms with E-state index in [1.807, 2.05) is 29.2 Å². The van der Waals surface area contributed by atoms with Gasteiger partial charge in [0.05, 0.1) is 13.4 Å². The number of methoxy groups -OCH3 is 1. The molecule has 4 rings (SSSR count). The number of amides is 1. The van der Waals surface area contributed by atoms with Crippen LogP contribution < -0.4 is 10.2 Å². The van der Waals surface area contributed by atoms with Gasteiger partial charge in [-0.3, -0.25) is 14.9 Å². The molecule has 0 saturated carbocycles. The number of benzene rings is 1. The van der Waals surface area contributed by atoms with Crippen molar-refractivity contribution in [2.24, 2.45) is 10.9 Å². The molecule has 8 nitrogen and oxygen atoms in total.